The molecule has 0 aliphatic heterocycles. The third-order valence-corrected chi connectivity index (χ3v) is 6.55. The van der Waals surface area contributed by atoms with Crippen LogP contribution in [0.4, 0.5) is 4.79 Å². The van der Waals surface area contributed by atoms with Crippen LogP contribution in [-0.2, 0) is 31.3 Å². The Kier molecular flexibility index (Phi) is 7.66. The molecule has 0 spiro atoms. The zero-order valence-corrected chi connectivity index (χ0v) is 21.0. The first kappa shape index (κ1) is 26.7. The fourth-order valence-electron chi connectivity index (χ4n) is 3.51. The van der Waals surface area contributed by atoms with Crippen molar-refractivity contribution in [3.05, 3.63) is 52.7 Å². The Morgan fingerprint density at radius 1 is 1.11 bits per heavy atom. The number of amides is 1. The second-order valence-corrected chi connectivity index (χ2v) is 10.7. The van der Waals surface area contributed by atoms with E-state index in [4.69, 9.17) is 14.7 Å². The van der Waals surface area contributed by atoms with Crippen molar-refractivity contribution >= 4 is 43.9 Å². The average molecular weight is 515 g/mol. The maximum Gasteiger partial charge on any atom is 0.408 e. The second kappa shape index (κ2) is 10.3. The Hall–Kier alpha value is -3.95. The monoisotopic (exact) mass is 514 g/mol. The lowest BCUT2D eigenvalue weighted by molar-refractivity contribution is -0.144. The first-order valence-electron chi connectivity index (χ1n) is 10.9. The molecule has 36 heavy (non-hydrogen) atoms. The van der Waals surface area contributed by atoms with Crippen LogP contribution in [0.3, 0.4) is 0 Å². The van der Waals surface area contributed by atoms with Crippen LogP contribution in [0.2, 0.25) is 0 Å². The van der Waals surface area contributed by atoms with Crippen molar-refractivity contribution in [2.24, 2.45) is 7.05 Å². The van der Waals surface area contributed by atoms with Gasteiger partial charge in [-0.15, -0.1) is 0 Å². The Labute approximate surface area is 207 Å². The van der Waals surface area contributed by atoms with Crippen molar-refractivity contribution in [1.29, 1.82) is 5.26 Å². The molecular weight excluding hydrogens is 488 g/mol. The fraction of sp³-hybridized carbons (Fsp3) is 0.333. The molecule has 11 nitrogen and oxygen atoms in total. The maximum absolute atomic E-state index is 13.0. The van der Waals surface area contributed by atoms with E-state index in [1.54, 1.807) is 62.7 Å². The van der Waals surface area contributed by atoms with E-state index in [9.17, 15) is 22.8 Å². The average Bonchev–Trinajstić information content (AvgIpc) is 2.82. The molecule has 190 valence electrons. The summed E-state index contributed by atoms with van der Waals surface area (Å²) in [5.74, 6) is -1.02. The first-order chi connectivity index (χ1) is 16.8. The van der Waals surface area contributed by atoms with Gasteiger partial charge in [-0.1, -0.05) is 12.1 Å². The number of alkyl carbamates (subject to hydrolysis) is 1. The zero-order valence-electron chi connectivity index (χ0n) is 20.2. The number of sulfonamides is 1. The minimum Gasteiger partial charge on any atom is -0.449 e. The predicted octanol–water partition coefficient (Wildman–Crippen LogP) is 1.93. The van der Waals surface area contributed by atoms with Crippen molar-refractivity contribution in [3.63, 3.8) is 0 Å². The van der Waals surface area contributed by atoms with Gasteiger partial charge < -0.3 is 19.4 Å². The number of nitrogens with one attached hydrogen (secondary N) is 2. The predicted molar refractivity (Wildman–Crippen MR) is 132 cm³/mol. The molecule has 0 saturated carbocycles. The highest BCUT2D eigenvalue weighted by molar-refractivity contribution is 7.89. The highest BCUT2D eigenvalue weighted by Crippen LogP contribution is 2.21. The van der Waals surface area contributed by atoms with E-state index < -0.39 is 46.9 Å². The van der Waals surface area contributed by atoms with Crippen molar-refractivity contribution in [1.82, 2.24) is 14.6 Å². The van der Waals surface area contributed by atoms with Crippen LogP contribution in [0, 0.1) is 11.3 Å². The minimum absolute atomic E-state index is 0.205. The number of aromatic nitrogens is 1. The quantitative estimate of drug-likeness (QED) is 0.358. The van der Waals surface area contributed by atoms with Gasteiger partial charge in [-0.05, 0) is 51.1 Å². The fourth-order valence-corrected chi connectivity index (χ4v) is 4.59. The van der Waals surface area contributed by atoms with E-state index in [2.05, 4.69) is 10.0 Å². The first-order valence-corrected chi connectivity index (χ1v) is 12.4. The lowest BCUT2D eigenvalue weighted by Crippen LogP contribution is -2.50. The number of pyridine rings is 1. The smallest absolute Gasteiger partial charge is 0.408 e. The third-order valence-electron chi connectivity index (χ3n) is 5.13. The molecule has 1 aromatic heterocycles. The Balaban J connectivity index is 1.89. The molecule has 1 heterocycles. The van der Waals surface area contributed by atoms with E-state index in [1.807, 2.05) is 0 Å². The van der Waals surface area contributed by atoms with Gasteiger partial charge in [0, 0.05) is 24.4 Å². The van der Waals surface area contributed by atoms with Crippen LogP contribution in [0.5, 0.6) is 0 Å². The summed E-state index contributed by atoms with van der Waals surface area (Å²) in [6.45, 7) is 3.68. The van der Waals surface area contributed by atoms with E-state index in [-0.39, 0.29) is 15.7 Å². The number of esters is 1. The molecule has 1 amide bonds. The molecule has 2 N–H and O–H groups in total. The molecule has 1 atom stereocenters. The summed E-state index contributed by atoms with van der Waals surface area (Å²) in [4.78, 5) is 37.3. The van der Waals surface area contributed by atoms with E-state index >= 15 is 0 Å². The van der Waals surface area contributed by atoms with Crippen LogP contribution in [0.1, 0.15) is 20.8 Å². The number of nitrogens with zero attached hydrogens (tertiary/aromatic N) is 2. The van der Waals surface area contributed by atoms with Gasteiger partial charge >= 0.3 is 12.1 Å². The zero-order chi connectivity index (χ0) is 26.7. The van der Waals surface area contributed by atoms with Gasteiger partial charge in [0.15, 0.2) is 12.0 Å². The number of rotatable bonds is 7. The molecule has 3 aromatic rings. The Morgan fingerprint density at radius 2 is 1.78 bits per heavy atom. The van der Waals surface area contributed by atoms with Crippen LogP contribution < -0.4 is 15.5 Å². The summed E-state index contributed by atoms with van der Waals surface area (Å²) < 4.78 is 39.9. The van der Waals surface area contributed by atoms with Gasteiger partial charge in [0.25, 0.3) is 0 Å². The minimum atomic E-state index is -4.22. The molecule has 0 radical (unpaired) electrons. The topological polar surface area (TPSA) is 157 Å². The van der Waals surface area contributed by atoms with Gasteiger partial charge in [0.05, 0.1) is 15.9 Å². The van der Waals surface area contributed by atoms with Gasteiger partial charge in [-0.2, -0.15) is 5.26 Å². The number of nitriles is 1. The summed E-state index contributed by atoms with van der Waals surface area (Å²) in [6, 6.07) is 11.3. The number of hydrogen-bond donors (Lipinski definition) is 2. The number of fused-ring (bicyclic) bond motifs is 2. The van der Waals surface area contributed by atoms with Crippen LogP contribution >= 0.6 is 0 Å². The number of carbonyl (C=O) groups excluding carboxylic acids is 2. The van der Waals surface area contributed by atoms with Crippen molar-refractivity contribution in [3.8, 4) is 6.07 Å². The Morgan fingerprint density at radius 3 is 2.44 bits per heavy atom. The molecule has 0 saturated heterocycles. The van der Waals surface area contributed by atoms with Crippen LogP contribution in [-0.4, -0.2) is 49.8 Å². The van der Waals surface area contributed by atoms with Crippen molar-refractivity contribution in [2.45, 2.75) is 37.3 Å². The van der Waals surface area contributed by atoms with Crippen LogP contribution in [0.15, 0.2) is 52.2 Å². The maximum atomic E-state index is 13.0. The van der Waals surface area contributed by atoms with Gasteiger partial charge in [-0.25, -0.2) is 22.7 Å². The summed E-state index contributed by atoms with van der Waals surface area (Å²) in [5, 5.41) is 11.5. The van der Waals surface area contributed by atoms with Gasteiger partial charge in [0.1, 0.15) is 17.7 Å². The van der Waals surface area contributed by atoms with E-state index in [0.29, 0.717) is 16.4 Å². The molecule has 2 aromatic carbocycles. The third kappa shape index (κ3) is 5.99. The number of hydrogen-bond acceptors (Lipinski definition) is 8. The second-order valence-electron chi connectivity index (χ2n) is 8.90. The summed E-state index contributed by atoms with van der Waals surface area (Å²) in [7, 11) is -2.44. The molecule has 0 aliphatic rings. The van der Waals surface area contributed by atoms with E-state index in [1.165, 1.54) is 18.2 Å². The highest BCUT2D eigenvalue weighted by Gasteiger charge is 2.28. The molecule has 0 bridgehead atoms. The standard InChI is InChI=1S/C24H26N4O7S/c1-24(2,3)35-23(31)27-18(22(30)34-12-11-25)14-26-36(32,33)15-9-10-20-17(13-15)21(29)16-7-5-6-8-19(16)28(20)4/h5-10,13,18,26H,12,14H2,1-4H3,(H,27,31). The summed E-state index contributed by atoms with van der Waals surface area (Å²) >= 11 is 0. The number of aryl methyl sites for hydroxylation is 1. The molecule has 3 rings (SSSR count). The van der Waals surface area contributed by atoms with E-state index in [0.717, 1.165) is 0 Å². The van der Waals surface area contributed by atoms with Gasteiger partial charge in [0.2, 0.25) is 10.0 Å². The lowest BCUT2D eigenvalue weighted by Gasteiger charge is -2.23. The number of benzene rings is 2. The SMILES string of the molecule is Cn1c2ccccc2c(=O)c2cc(S(=O)(=O)NCC(NC(=O)OC(C)(C)C)C(=O)OCC#N)ccc21. The summed E-state index contributed by atoms with van der Waals surface area (Å²) in [6.07, 6.45) is -0.971. The molecule has 1 unspecified atom stereocenters. The summed E-state index contributed by atoms with van der Waals surface area (Å²) in [5.41, 5.74) is 0.0600. The number of ether oxygens (including phenoxy) is 2. The molecule has 0 aliphatic carbocycles. The largest absolute Gasteiger partial charge is 0.449 e. The Bertz CT molecular complexity index is 1530. The highest BCUT2D eigenvalue weighted by atomic mass is 32.2. The molecule has 12 heteroatoms. The lowest BCUT2D eigenvalue weighted by atomic mass is 10.1. The van der Waals surface area contributed by atoms with Crippen molar-refractivity contribution in [2.75, 3.05) is 13.2 Å². The number of para-hydroxylation sites is 1. The van der Waals surface area contributed by atoms with Crippen molar-refractivity contribution < 1.29 is 27.5 Å². The molecule has 0 fully saturated rings. The van der Waals surface area contributed by atoms with Gasteiger partial charge in [-0.3, -0.25) is 4.79 Å². The number of carbonyl (C=O) groups is 2. The van der Waals surface area contributed by atoms with Crippen LogP contribution in [0.25, 0.3) is 21.8 Å². The normalized spacial score (nSPS) is 12.6. The molecular formula is C24H26N4O7S.